The smallest absolute Gasteiger partial charge is 0.220 e. The molecule has 1 N–H and O–H groups in total. The van der Waals surface area contributed by atoms with Crippen LogP contribution in [0.3, 0.4) is 0 Å². The van der Waals surface area contributed by atoms with Gasteiger partial charge in [-0.25, -0.2) is 4.98 Å². The monoisotopic (exact) mass is 341 g/mol. The fraction of sp³-hybridized carbons (Fsp3) is 0.263. The summed E-state index contributed by atoms with van der Waals surface area (Å²) in [5.74, 6) is 0.844. The van der Waals surface area contributed by atoms with Crippen LogP contribution >= 0.6 is 11.6 Å². The first-order valence-electron chi connectivity index (χ1n) is 8.08. The summed E-state index contributed by atoms with van der Waals surface area (Å²) in [6.45, 7) is 4.41. The van der Waals surface area contributed by atoms with Crippen LogP contribution in [0.25, 0.3) is 11.0 Å². The summed E-state index contributed by atoms with van der Waals surface area (Å²) in [6, 6.07) is 15.6. The maximum atomic E-state index is 11.8. The number of halogens is 1. The third-order valence-electron chi connectivity index (χ3n) is 4.06. The first-order chi connectivity index (χ1) is 11.6. The van der Waals surface area contributed by atoms with Crippen LogP contribution < -0.4 is 5.32 Å². The Hall–Kier alpha value is -2.33. The number of para-hydroxylation sites is 2. The number of hydrogen-bond donors (Lipinski definition) is 1. The first kappa shape index (κ1) is 16.5. The van der Waals surface area contributed by atoms with Crippen LogP contribution in [0.15, 0.2) is 48.5 Å². The SMILES string of the molecule is CCC(=O)NC(C)c1nc2ccccc2n1Cc1ccccc1Cl. The Morgan fingerprint density at radius 3 is 2.67 bits per heavy atom. The van der Waals surface area contributed by atoms with E-state index in [1.54, 1.807) is 0 Å². The number of imidazole rings is 1. The van der Waals surface area contributed by atoms with Gasteiger partial charge in [-0.05, 0) is 30.7 Å². The zero-order valence-electron chi connectivity index (χ0n) is 13.8. The molecule has 4 nitrogen and oxygen atoms in total. The van der Waals surface area contributed by atoms with Gasteiger partial charge >= 0.3 is 0 Å². The predicted octanol–water partition coefficient (Wildman–Crippen LogP) is 4.33. The molecule has 1 aromatic heterocycles. The van der Waals surface area contributed by atoms with E-state index in [1.807, 2.05) is 62.4 Å². The van der Waals surface area contributed by atoms with Gasteiger partial charge in [0.15, 0.2) is 0 Å². The Kier molecular flexibility index (Phi) is 4.86. The Morgan fingerprint density at radius 1 is 1.21 bits per heavy atom. The maximum Gasteiger partial charge on any atom is 0.220 e. The van der Waals surface area contributed by atoms with E-state index < -0.39 is 0 Å². The van der Waals surface area contributed by atoms with Crippen LogP contribution in [0.4, 0.5) is 0 Å². The number of fused-ring (bicyclic) bond motifs is 1. The quantitative estimate of drug-likeness (QED) is 0.751. The van der Waals surface area contributed by atoms with Gasteiger partial charge in [-0.1, -0.05) is 48.9 Å². The van der Waals surface area contributed by atoms with Crippen molar-refractivity contribution in [3.63, 3.8) is 0 Å². The van der Waals surface area contributed by atoms with E-state index in [9.17, 15) is 4.79 Å². The Morgan fingerprint density at radius 2 is 1.92 bits per heavy atom. The average Bonchev–Trinajstić information content (AvgIpc) is 2.95. The lowest BCUT2D eigenvalue weighted by molar-refractivity contribution is -0.121. The minimum atomic E-state index is -0.174. The molecule has 0 aliphatic heterocycles. The number of amides is 1. The second-order valence-corrected chi connectivity index (χ2v) is 6.19. The zero-order chi connectivity index (χ0) is 17.1. The van der Waals surface area contributed by atoms with E-state index in [2.05, 4.69) is 9.88 Å². The number of rotatable bonds is 5. The summed E-state index contributed by atoms with van der Waals surface area (Å²) >= 11 is 6.33. The molecule has 1 atom stereocenters. The number of carbonyl (C=O) groups is 1. The molecule has 0 saturated carbocycles. The van der Waals surface area contributed by atoms with Gasteiger partial charge in [-0.15, -0.1) is 0 Å². The molecule has 1 heterocycles. The lowest BCUT2D eigenvalue weighted by Gasteiger charge is -2.16. The van der Waals surface area contributed by atoms with Gasteiger partial charge in [0.2, 0.25) is 5.91 Å². The molecule has 24 heavy (non-hydrogen) atoms. The molecular formula is C19H20ClN3O. The minimum Gasteiger partial charge on any atom is -0.346 e. The van der Waals surface area contributed by atoms with E-state index in [1.165, 1.54) is 0 Å². The predicted molar refractivity (Wildman–Crippen MR) is 97.1 cm³/mol. The Balaban J connectivity index is 2.05. The fourth-order valence-electron chi connectivity index (χ4n) is 2.80. The average molecular weight is 342 g/mol. The van der Waals surface area contributed by atoms with E-state index >= 15 is 0 Å². The molecule has 124 valence electrons. The van der Waals surface area contributed by atoms with Crippen molar-refractivity contribution in [3.05, 3.63) is 64.9 Å². The fourth-order valence-corrected chi connectivity index (χ4v) is 2.99. The standard InChI is InChI=1S/C19H20ClN3O/c1-3-18(24)21-13(2)19-22-16-10-6-7-11-17(16)23(19)12-14-8-4-5-9-15(14)20/h4-11,13H,3,12H2,1-2H3,(H,21,24). The zero-order valence-corrected chi connectivity index (χ0v) is 14.5. The molecule has 0 fully saturated rings. The molecule has 0 aliphatic rings. The molecule has 0 saturated heterocycles. The summed E-state index contributed by atoms with van der Waals surface area (Å²) in [5, 5.41) is 3.72. The maximum absolute atomic E-state index is 11.8. The number of nitrogens with one attached hydrogen (secondary N) is 1. The minimum absolute atomic E-state index is 0.0128. The van der Waals surface area contributed by atoms with Crippen LogP contribution in [0, 0.1) is 0 Å². The van der Waals surface area contributed by atoms with Crippen LogP contribution in [0.5, 0.6) is 0 Å². The van der Waals surface area contributed by atoms with Crippen molar-refractivity contribution in [1.82, 2.24) is 14.9 Å². The highest BCUT2D eigenvalue weighted by atomic mass is 35.5. The topological polar surface area (TPSA) is 46.9 Å². The summed E-state index contributed by atoms with van der Waals surface area (Å²) < 4.78 is 2.12. The third kappa shape index (κ3) is 3.29. The second kappa shape index (κ2) is 7.05. The summed E-state index contributed by atoms with van der Waals surface area (Å²) in [6.07, 6.45) is 0.453. The second-order valence-electron chi connectivity index (χ2n) is 5.78. The highest BCUT2D eigenvalue weighted by Gasteiger charge is 2.18. The molecule has 1 amide bonds. The molecule has 0 bridgehead atoms. The highest BCUT2D eigenvalue weighted by Crippen LogP contribution is 2.24. The highest BCUT2D eigenvalue weighted by molar-refractivity contribution is 6.31. The molecule has 0 spiro atoms. The first-order valence-corrected chi connectivity index (χ1v) is 8.46. The van der Waals surface area contributed by atoms with E-state index in [0.29, 0.717) is 13.0 Å². The molecule has 0 aliphatic carbocycles. The number of aromatic nitrogens is 2. The number of hydrogen-bond acceptors (Lipinski definition) is 2. The molecule has 5 heteroatoms. The number of nitrogens with zero attached hydrogens (tertiary/aromatic N) is 2. The normalized spacial score (nSPS) is 12.3. The van der Waals surface area contributed by atoms with Gasteiger partial charge in [0.05, 0.1) is 23.6 Å². The van der Waals surface area contributed by atoms with Crippen molar-refractivity contribution in [2.45, 2.75) is 32.9 Å². The van der Waals surface area contributed by atoms with Crippen LogP contribution in [-0.2, 0) is 11.3 Å². The molecule has 2 aromatic carbocycles. The van der Waals surface area contributed by atoms with Crippen molar-refractivity contribution in [2.75, 3.05) is 0 Å². The molecular weight excluding hydrogens is 322 g/mol. The molecule has 0 radical (unpaired) electrons. The van der Waals surface area contributed by atoms with Gasteiger partial charge < -0.3 is 9.88 Å². The van der Waals surface area contributed by atoms with Crippen LogP contribution in [-0.4, -0.2) is 15.5 Å². The molecule has 3 aromatic rings. The van der Waals surface area contributed by atoms with Crippen molar-refractivity contribution in [3.8, 4) is 0 Å². The third-order valence-corrected chi connectivity index (χ3v) is 4.43. The summed E-state index contributed by atoms with van der Waals surface area (Å²) in [5.41, 5.74) is 2.97. The van der Waals surface area contributed by atoms with Crippen molar-refractivity contribution >= 4 is 28.5 Å². The van der Waals surface area contributed by atoms with Gasteiger partial charge in [0, 0.05) is 11.4 Å². The van der Waals surface area contributed by atoms with E-state index in [4.69, 9.17) is 16.6 Å². The number of carbonyl (C=O) groups excluding carboxylic acids is 1. The Bertz CT molecular complexity index is 872. The van der Waals surface area contributed by atoms with Crippen LogP contribution in [0.1, 0.15) is 37.7 Å². The molecule has 3 rings (SSSR count). The lowest BCUT2D eigenvalue weighted by Crippen LogP contribution is -2.28. The van der Waals surface area contributed by atoms with Gasteiger partial charge in [-0.3, -0.25) is 4.79 Å². The van der Waals surface area contributed by atoms with Crippen molar-refractivity contribution < 1.29 is 4.79 Å². The van der Waals surface area contributed by atoms with Gasteiger partial charge in [0.25, 0.3) is 0 Å². The summed E-state index contributed by atoms with van der Waals surface area (Å²) in [7, 11) is 0. The summed E-state index contributed by atoms with van der Waals surface area (Å²) in [4.78, 5) is 16.5. The lowest BCUT2D eigenvalue weighted by atomic mass is 10.2. The van der Waals surface area contributed by atoms with Gasteiger partial charge in [-0.2, -0.15) is 0 Å². The van der Waals surface area contributed by atoms with Crippen LogP contribution in [0.2, 0.25) is 5.02 Å². The largest absolute Gasteiger partial charge is 0.346 e. The number of benzene rings is 2. The van der Waals surface area contributed by atoms with Crippen molar-refractivity contribution in [2.24, 2.45) is 0 Å². The Labute approximate surface area is 146 Å². The van der Waals surface area contributed by atoms with E-state index in [-0.39, 0.29) is 11.9 Å². The van der Waals surface area contributed by atoms with Crippen molar-refractivity contribution in [1.29, 1.82) is 0 Å². The van der Waals surface area contributed by atoms with Gasteiger partial charge in [0.1, 0.15) is 5.82 Å². The molecule has 1 unspecified atom stereocenters. The van der Waals surface area contributed by atoms with E-state index in [0.717, 1.165) is 27.4 Å².